The largest absolute Gasteiger partial charge is 0.439 e. The van der Waals surface area contributed by atoms with Crippen LogP contribution in [0.4, 0.5) is 29.3 Å². The Labute approximate surface area is 226 Å². The molecule has 4 aromatic rings. The SMILES string of the molecule is N#Cc1ccc(CC(N)c2ccc(NC(=O)Nc3ccc(Oc4cc(Cl)ncn4)cc3)cc2C(F)(F)F)cc1. The number of amides is 2. The number of benzene rings is 3. The number of aromatic nitrogens is 2. The van der Waals surface area contributed by atoms with E-state index in [2.05, 4.69) is 20.6 Å². The molecule has 1 heterocycles. The molecule has 0 radical (unpaired) electrons. The number of halogens is 4. The van der Waals surface area contributed by atoms with Gasteiger partial charge in [0.1, 0.15) is 17.2 Å². The molecule has 0 bridgehead atoms. The lowest BCUT2D eigenvalue weighted by Gasteiger charge is -2.20. The fourth-order valence-corrected chi connectivity index (χ4v) is 3.81. The van der Waals surface area contributed by atoms with E-state index in [0.29, 0.717) is 22.6 Å². The van der Waals surface area contributed by atoms with Gasteiger partial charge in [-0.1, -0.05) is 29.8 Å². The average molecular weight is 553 g/mol. The van der Waals surface area contributed by atoms with Crippen LogP contribution in [0.15, 0.2) is 79.1 Å². The van der Waals surface area contributed by atoms with E-state index in [9.17, 15) is 18.0 Å². The molecule has 0 aliphatic heterocycles. The smallest absolute Gasteiger partial charge is 0.416 e. The van der Waals surface area contributed by atoms with Crippen molar-refractivity contribution in [3.05, 3.63) is 107 Å². The number of nitrogens with zero attached hydrogens (tertiary/aromatic N) is 3. The quantitative estimate of drug-likeness (QED) is 0.219. The summed E-state index contributed by atoms with van der Waals surface area (Å²) < 4.78 is 47.2. The highest BCUT2D eigenvalue weighted by atomic mass is 35.5. The molecule has 4 rings (SSSR count). The molecule has 0 saturated heterocycles. The van der Waals surface area contributed by atoms with Gasteiger partial charge in [-0.05, 0) is 66.1 Å². The summed E-state index contributed by atoms with van der Waals surface area (Å²) >= 11 is 5.80. The van der Waals surface area contributed by atoms with Crippen LogP contribution in [0.1, 0.15) is 28.3 Å². The summed E-state index contributed by atoms with van der Waals surface area (Å²) in [5, 5.41) is 14.1. The number of nitrogens with one attached hydrogen (secondary N) is 2. The molecule has 0 spiro atoms. The number of carbonyl (C=O) groups is 1. The third-order valence-corrected chi connectivity index (χ3v) is 5.70. The second-order valence-electron chi connectivity index (χ2n) is 8.30. The molecule has 12 heteroatoms. The molecule has 1 unspecified atom stereocenters. The normalized spacial score (nSPS) is 11.8. The molecule has 0 saturated carbocycles. The van der Waals surface area contributed by atoms with Crippen molar-refractivity contribution in [2.45, 2.75) is 18.6 Å². The number of nitrogens with two attached hydrogens (primary N) is 1. The molecule has 198 valence electrons. The van der Waals surface area contributed by atoms with E-state index < -0.39 is 23.8 Å². The van der Waals surface area contributed by atoms with E-state index in [4.69, 9.17) is 27.3 Å². The number of urea groups is 1. The Balaban J connectivity index is 1.42. The maximum Gasteiger partial charge on any atom is 0.416 e. The van der Waals surface area contributed by atoms with Gasteiger partial charge in [0.05, 0.1) is 17.2 Å². The Bertz CT molecular complexity index is 1510. The molecule has 1 aromatic heterocycles. The van der Waals surface area contributed by atoms with Crippen molar-refractivity contribution in [2.24, 2.45) is 5.73 Å². The van der Waals surface area contributed by atoms with Crippen LogP contribution in [-0.2, 0) is 12.6 Å². The van der Waals surface area contributed by atoms with Crippen molar-refractivity contribution in [1.29, 1.82) is 5.26 Å². The highest BCUT2D eigenvalue weighted by Crippen LogP contribution is 2.37. The number of alkyl halides is 3. The van der Waals surface area contributed by atoms with Crippen LogP contribution in [0.5, 0.6) is 11.6 Å². The van der Waals surface area contributed by atoms with E-state index in [0.717, 1.165) is 6.07 Å². The maximum atomic E-state index is 13.9. The van der Waals surface area contributed by atoms with Crippen molar-refractivity contribution in [3.8, 4) is 17.7 Å². The number of rotatable bonds is 7. The number of carbonyl (C=O) groups excluding carboxylic acids is 1. The summed E-state index contributed by atoms with van der Waals surface area (Å²) in [7, 11) is 0. The lowest BCUT2D eigenvalue weighted by molar-refractivity contribution is -0.138. The third kappa shape index (κ3) is 7.44. The van der Waals surface area contributed by atoms with E-state index in [1.165, 1.54) is 24.5 Å². The summed E-state index contributed by atoms with van der Waals surface area (Å²) in [5.41, 5.74) is 6.50. The summed E-state index contributed by atoms with van der Waals surface area (Å²) in [4.78, 5) is 20.1. The molecule has 0 aliphatic rings. The first kappa shape index (κ1) is 27.4. The van der Waals surface area contributed by atoms with E-state index in [1.54, 1.807) is 48.5 Å². The molecule has 4 N–H and O–H groups in total. The van der Waals surface area contributed by atoms with Gasteiger partial charge < -0.3 is 21.1 Å². The molecule has 2 amide bonds. The van der Waals surface area contributed by atoms with Crippen LogP contribution in [0.25, 0.3) is 0 Å². The van der Waals surface area contributed by atoms with Gasteiger partial charge in [-0.3, -0.25) is 0 Å². The van der Waals surface area contributed by atoms with E-state index >= 15 is 0 Å². The van der Waals surface area contributed by atoms with Gasteiger partial charge in [-0.2, -0.15) is 18.4 Å². The van der Waals surface area contributed by atoms with Crippen LogP contribution in [0, 0.1) is 11.3 Å². The summed E-state index contributed by atoms with van der Waals surface area (Å²) in [6.07, 6.45) is -3.32. The minimum absolute atomic E-state index is 0.0604. The molecule has 0 fully saturated rings. The van der Waals surface area contributed by atoms with E-state index in [1.807, 2.05) is 6.07 Å². The van der Waals surface area contributed by atoms with Crippen molar-refractivity contribution < 1.29 is 22.7 Å². The predicted molar refractivity (Wildman–Crippen MR) is 139 cm³/mol. The predicted octanol–water partition coefficient (Wildman–Crippen LogP) is 6.70. The van der Waals surface area contributed by atoms with Crippen LogP contribution in [0.2, 0.25) is 5.15 Å². The Morgan fingerprint density at radius 1 is 1.00 bits per heavy atom. The second-order valence-corrected chi connectivity index (χ2v) is 8.69. The molecule has 0 aliphatic carbocycles. The minimum Gasteiger partial charge on any atom is -0.439 e. The molecule has 3 aromatic carbocycles. The second kappa shape index (κ2) is 11.8. The Hall–Kier alpha value is -4.66. The van der Waals surface area contributed by atoms with Crippen molar-refractivity contribution >= 4 is 29.0 Å². The maximum absolute atomic E-state index is 13.9. The molecule has 39 heavy (non-hydrogen) atoms. The van der Waals surface area contributed by atoms with Gasteiger partial charge in [0.2, 0.25) is 5.88 Å². The summed E-state index contributed by atoms with van der Waals surface area (Å²) in [6.45, 7) is 0. The number of nitriles is 1. The van der Waals surface area contributed by atoms with Crippen LogP contribution in [-0.4, -0.2) is 16.0 Å². The average Bonchev–Trinajstić information content (AvgIpc) is 2.89. The highest BCUT2D eigenvalue weighted by molar-refractivity contribution is 6.29. The Kier molecular flexibility index (Phi) is 8.29. The summed E-state index contributed by atoms with van der Waals surface area (Å²) in [6, 6.07) is 17.8. The van der Waals surface area contributed by atoms with Crippen molar-refractivity contribution in [2.75, 3.05) is 10.6 Å². The lowest BCUT2D eigenvalue weighted by atomic mass is 9.94. The van der Waals surface area contributed by atoms with Crippen LogP contribution >= 0.6 is 11.6 Å². The fourth-order valence-electron chi connectivity index (χ4n) is 3.68. The lowest BCUT2D eigenvalue weighted by Crippen LogP contribution is -2.22. The van der Waals surface area contributed by atoms with Crippen molar-refractivity contribution in [3.63, 3.8) is 0 Å². The monoisotopic (exact) mass is 552 g/mol. The summed E-state index contributed by atoms with van der Waals surface area (Å²) in [5.74, 6) is 0.646. The van der Waals surface area contributed by atoms with Gasteiger partial charge in [0.25, 0.3) is 0 Å². The zero-order chi connectivity index (χ0) is 28.0. The van der Waals surface area contributed by atoms with Gasteiger partial charge in [0, 0.05) is 23.5 Å². The first-order valence-corrected chi connectivity index (χ1v) is 11.8. The van der Waals surface area contributed by atoms with Crippen LogP contribution < -0.4 is 21.1 Å². The Morgan fingerprint density at radius 3 is 2.31 bits per heavy atom. The number of anilines is 2. The first-order chi connectivity index (χ1) is 18.6. The topological polar surface area (TPSA) is 126 Å². The number of hydrogen-bond acceptors (Lipinski definition) is 6. The van der Waals surface area contributed by atoms with Crippen molar-refractivity contribution in [1.82, 2.24) is 9.97 Å². The van der Waals surface area contributed by atoms with Crippen LogP contribution in [0.3, 0.4) is 0 Å². The van der Waals surface area contributed by atoms with Gasteiger partial charge in [-0.15, -0.1) is 0 Å². The van der Waals surface area contributed by atoms with Gasteiger partial charge in [0.15, 0.2) is 0 Å². The number of hydrogen-bond donors (Lipinski definition) is 3. The highest BCUT2D eigenvalue weighted by Gasteiger charge is 2.35. The first-order valence-electron chi connectivity index (χ1n) is 11.4. The van der Waals surface area contributed by atoms with Gasteiger partial charge >= 0.3 is 12.2 Å². The fraction of sp³-hybridized carbons (Fsp3) is 0.111. The zero-order valence-corrected chi connectivity index (χ0v) is 20.8. The molecule has 1 atom stereocenters. The number of ether oxygens (including phenoxy) is 1. The van der Waals surface area contributed by atoms with Gasteiger partial charge in [-0.25, -0.2) is 14.8 Å². The molecular weight excluding hydrogens is 533 g/mol. The minimum atomic E-state index is -4.70. The van der Waals surface area contributed by atoms with E-state index in [-0.39, 0.29) is 28.7 Å². The third-order valence-electron chi connectivity index (χ3n) is 5.50. The zero-order valence-electron chi connectivity index (χ0n) is 20.0. The standard InChI is InChI=1S/C27H20ClF3N6O2/c28-24-13-25(35-15-34-24)39-20-8-5-18(6-9-20)36-26(38)37-19-7-10-21(22(12-19)27(29,30)31)23(33)11-16-1-3-17(14-32)4-2-16/h1-10,12-13,15,23H,11,33H2,(H2,36,37,38). The Morgan fingerprint density at radius 2 is 1.67 bits per heavy atom. The molecular formula is C27H20ClF3N6O2. The molecule has 8 nitrogen and oxygen atoms in total.